The van der Waals surface area contributed by atoms with Crippen LogP contribution in [0.25, 0.3) is 0 Å². The van der Waals surface area contributed by atoms with Crippen molar-refractivity contribution in [3.63, 3.8) is 0 Å². The third-order valence-corrected chi connectivity index (χ3v) is 4.00. The predicted octanol–water partition coefficient (Wildman–Crippen LogP) is 3.28. The highest BCUT2D eigenvalue weighted by molar-refractivity contribution is 5.38. The molecule has 112 valence electrons. The molecule has 20 heavy (non-hydrogen) atoms. The fourth-order valence-corrected chi connectivity index (χ4v) is 2.80. The van der Waals surface area contributed by atoms with Gasteiger partial charge in [0.1, 0.15) is 5.82 Å². The molecule has 1 aliphatic carbocycles. The van der Waals surface area contributed by atoms with Gasteiger partial charge in [0.05, 0.1) is 5.56 Å². The van der Waals surface area contributed by atoms with Crippen molar-refractivity contribution in [2.75, 3.05) is 18.4 Å². The van der Waals surface area contributed by atoms with Gasteiger partial charge in [-0.05, 0) is 43.4 Å². The Morgan fingerprint density at radius 3 is 2.60 bits per heavy atom. The summed E-state index contributed by atoms with van der Waals surface area (Å²) in [7, 11) is 0. The Hall–Kier alpha value is -1.30. The van der Waals surface area contributed by atoms with E-state index in [1.807, 2.05) is 0 Å². The van der Waals surface area contributed by atoms with Crippen LogP contribution in [0.4, 0.5) is 19.0 Å². The number of alkyl halides is 3. The van der Waals surface area contributed by atoms with E-state index in [1.165, 1.54) is 19.0 Å². The molecular formula is C14H20F3N3. The summed E-state index contributed by atoms with van der Waals surface area (Å²) in [6, 6.07) is 2.04. The molecule has 0 aliphatic heterocycles. The first-order valence-electron chi connectivity index (χ1n) is 6.98. The third kappa shape index (κ3) is 3.85. The topological polar surface area (TPSA) is 50.9 Å². The van der Waals surface area contributed by atoms with Crippen LogP contribution >= 0.6 is 0 Å². The first kappa shape index (κ1) is 15.1. The average Bonchev–Trinajstić information content (AvgIpc) is 2.45. The predicted molar refractivity (Wildman–Crippen MR) is 72.2 cm³/mol. The van der Waals surface area contributed by atoms with Gasteiger partial charge < -0.3 is 11.1 Å². The lowest BCUT2D eigenvalue weighted by molar-refractivity contribution is -0.137. The number of anilines is 1. The van der Waals surface area contributed by atoms with E-state index in [2.05, 4.69) is 10.3 Å². The lowest BCUT2D eigenvalue weighted by Gasteiger charge is -2.30. The fourth-order valence-electron chi connectivity index (χ4n) is 2.80. The SMILES string of the molecule is NCC1CCCCC1CNc1cc(C(F)(F)F)ccn1. The first-order valence-corrected chi connectivity index (χ1v) is 6.98. The maximum absolute atomic E-state index is 12.6. The molecule has 1 aliphatic rings. The van der Waals surface area contributed by atoms with Crippen molar-refractivity contribution >= 4 is 5.82 Å². The molecular weight excluding hydrogens is 267 g/mol. The summed E-state index contributed by atoms with van der Waals surface area (Å²) in [6.45, 7) is 1.28. The Bertz CT molecular complexity index is 434. The Balaban J connectivity index is 1.96. The van der Waals surface area contributed by atoms with Gasteiger partial charge in [-0.1, -0.05) is 12.8 Å². The van der Waals surface area contributed by atoms with Crippen LogP contribution in [0.2, 0.25) is 0 Å². The van der Waals surface area contributed by atoms with E-state index in [9.17, 15) is 13.2 Å². The summed E-state index contributed by atoms with van der Waals surface area (Å²) in [5, 5.41) is 3.02. The minimum atomic E-state index is -4.33. The molecule has 1 fully saturated rings. The van der Waals surface area contributed by atoms with Crippen LogP contribution in [0.1, 0.15) is 31.2 Å². The van der Waals surface area contributed by atoms with Gasteiger partial charge >= 0.3 is 6.18 Å². The minimum absolute atomic E-state index is 0.279. The molecule has 6 heteroatoms. The second-order valence-corrected chi connectivity index (χ2v) is 5.35. The molecule has 1 saturated carbocycles. The number of rotatable bonds is 4. The van der Waals surface area contributed by atoms with E-state index < -0.39 is 11.7 Å². The smallest absolute Gasteiger partial charge is 0.370 e. The molecule has 3 nitrogen and oxygen atoms in total. The van der Waals surface area contributed by atoms with Crippen molar-refractivity contribution in [2.45, 2.75) is 31.9 Å². The van der Waals surface area contributed by atoms with E-state index >= 15 is 0 Å². The Morgan fingerprint density at radius 2 is 1.95 bits per heavy atom. The van der Waals surface area contributed by atoms with Crippen LogP contribution in [0.5, 0.6) is 0 Å². The average molecular weight is 287 g/mol. The maximum atomic E-state index is 12.6. The zero-order valence-electron chi connectivity index (χ0n) is 11.3. The second kappa shape index (κ2) is 6.43. The molecule has 2 rings (SSSR count). The molecule has 2 unspecified atom stereocenters. The first-order chi connectivity index (χ1) is 9.50. The van der Waals surface area contributed by atoms with Crippen molar-refractivity contribution in [1.82, 2.24) is 4.98 Å². The van der Waals surface area contributed by atoms with Crippen LogP contribution in [0, 0.1) is 11.8 Å². The molecule has 0 amide bonds. The minimum Gasteiger partial charge on any atom is -0.370 e. The highest BCUT2D eigenvalue weighted by Crippen LogP contribution is 2.31. The van der Waals surface area contributed by atoms with Crippen LogP contribution in [0.15, 0.2) is 18.3 Å². The number of hydrogen-bond acceptors (Lipinski definition) is 3. The number of nitrogens with one attached hydrogen (secondary N) is 1. The summed E-state index contributed by atoms with van der Waals surface area (Å²) in [5.74, 6) is 1.16. The van der Waals surface area contributed by atoms with Gasteiger partial charge in [0, 0.05) is 12.7 Å². The van der Waals surface area contributed by atoms with E-state index in [1.54, 1.807) is 0 Å². The van der Waals surface area contributed by atoms with Gasteiger partial charge in [-0.25, -0.2) is 4.98 Å². The zero-order valence-corrected chi connectivity index (χ0v) is 11.3. The van der Waals surface area contributed by atoms with Crippen LogP contribution in [-0.2, 0) is 6.18 Å². The van der Waals surface area contributed by atoms with Gasteiger partial charge in [-0.3, -0.25) is 0 Å². The largest absolute Gasteiger partial charge is 0.416 e. The molecule has 0 spiro atoms. The number of nitrogens with zero attached hydrogens (tertiary/aromatic N) is 1. The lowest BCUT2D eigenvalue weighted by Crippen LogP contribution is -2.31. The molecule has 2 atom stereocenters. The number of nitrogens with two attached hydrogens (primary N) is 1. The normalized spacial score (nSPS) is 23.6. The molecule has 1 aromatic heterocycles. The summed E-state index contributed by atoms with van der Waals surface area (Å²) in [6.07, 6.45) is 1.40. The Morgan fingerprint density at radius 1 is 1.25 bits per heavy atom. The molecule has 3 N–H and O–H groups in total. The van der Waals surface area contributed by atoms with Crippen molar-refractivity contribution in [2.24, 2.45) is 17.6 Å². The molecule has 0 bridgehead atoms. The Labute approximate surface area is 116 Å². The second-order valence-electron chi connectivity index (χ2n) is 5.35. The monoisotopic (exact) mass is 287 g/mol. The van der Waals surface area contributed by atoms with E-state index in [-0.39, 0.29) is 5.82 Å². The van der Waals surface area contributed by atoms with Gasteiger partial charge in [0.15, 0.2) is 0 Å². The summed E-state index contributed by atoms with van der Waals surface area (Å²) in [4.78, 5) is 3.95. The van der Waals surface area contributed by atoms with E-state index in [0.29, 0.717) is 24.9 Å². The Kier molecular flexibility index (Phi) is 4.86. The molecule has 1 aromatic rings. The number of pyridine rings is 1. The fraction of sp³-hybridized carbons (Fsp3) is 0.643. The van der Waals surface area contributed by atoms with Gasteiger partial charge in [-0.15, -0.1) is 0 Å². The standard InChI is InChI=1S/C14H20F3N3/c15-14(16,17)12-5-6-19-13(7-12)20-9-11-4-2-1-3-10(11)8-18/h5-7,10-11H,1-4,8-9,18H2,(H,19,20). The van der Waals surface area contributed by atoms with Crippen molar-refractivity contribution in [3.8, 4) is 0 Å². The van der Waals surface area contributed by atoms with Crippen molar-refractivity contribution < 1.29 is 13.2 Å². The van der Waals surface area contributed by atoms with Gasteiger partial charge in [0.2, 0.25) is 0 Å². The van der Waals surface area contributed by atoms with Crippen molar-refractivity contribution in [3.05, 3.63) is 23.9 Å². The van der Waals surface area contributed by atoms with Crippen molar-refractivity contribution in [1.29, 1.82) is 0 Å². The van der Waals surface area contributed by atoms with Crippen LogP contribution < -0.4 is 11.1 Å². The third-order valence-electron chi connectivity index (χ3n) is 4.00. The highest BCUT2D eigenvalue weighted by atomic mass is 19.4. The molecule has 1 heterocycles. The van der Waals surface area contributed by atoms with Crippen LogP contribution in [0.3, 0.4) is 0 Å². The van der Waals surface area contributed by atoms with E-state index in [4.69, 9.17) is 5.73 Å². The molecule has 0 saturated heterocycles. The number of halogens is 3. The molecule has 0 aromatic carbocycles. The molecule has 0 radical (unpaired) electrons. The number of aromatic nitrogens is 1. The van der Waals surface area contributed by atoms with Gasteiger partial charge in [0.25, 0.3) is 0 Å². The lowest BCUT2D eigenvalue weighted by atomic mass is 9.79. The van der Waals surface area contributed by atoms with Crippen LogP contribution in [-0.4, -0.2) is 18.1 Å². The number of hydrogen-bond donors (Lipinski definition) is 2. The highest BCUT2D eigenvalue weighted by Gasteiger charge is 2.31. The maximum Gasteiger partial charge on any atom is 0.416 e. The quantitative estimate of drug-likeness (QED) is 0.893. The zero-order chi connectivity index (χ0) is 14.6. The van der Waals surface area contributed by atoms with E-state index in [0.717, 1.165) is 25.0 Å². The summed E-state index contributed by atoms with van der Waals surface area (Å²) in [5.41, 5.74) is 5.08. The van der Waals surface area contributed by atoms with Gasteiger partial charge in [-0.2, -0.15) is 13.2 Å². The summed E-state index contributed by atoms with van der Waals surface area (Å²) < 4.78 is 37.8. The summed E-state index contributed by atoms with van der Waals surface area (Å²) >= 11 is 0.